The first kappa shape index (κ1) is 27.2. The minimum atomic E-state index is -0.854. The number of hydrogen-bond acceptors (Lipinski definition) is 7. The fourth-order valence-corrected chi connectivity index (χ4v) is 6.89. The molecule has 0 aromatic rings. The standard InChI is InChI=1S/C26H48FN5O3/c1-4-12-35-13-10-29-26(33)20-7-6-19(14-17(20)2)31-24-25-30-16-22(32(25)11-9-28-24)18-5-8-23(34-3)21(27)15-18/h17-25,28,30-31H,4-16H2,1-3H3,(H,29,33). The molecule has 0 bridgehead atoms. The van der Waals surface area contributed by atoms with Crippen molar-refractivity contribution < 1.29 is 18.7 Å². The second-order valence-electron chi connectivity index (χ2n) is 11.1. The van der Waals surface area contributed by atoms with Gasteiger partial charge in [-0.25, -0.2) is 4.39 Å². The first-order chi connectivity index (χ1) is 17.0. The number of ether oxygens (including phenoxy) is 2. The topological polar surface area (TPSA) is 86.9 Å². The maximum atomic E-state index is 14.6. The van der Waals surface area contributed by atoms with Crippen LogP contribution in [0.25, 0.3) is 0 Å². The van der Waals surface area contributed by atoms with Crippen LogP contribution < -0.4 is 21.3 Å². The third-order valence-electron chi connectivity index (χ3n) is 8.79. The maximum Gasteiger partial charge on any atom is 0.223 e. The highest BCUT2D eigenvalue weighted by Crippen LogP contribution is 2.36. The minimum absolute atomic E-state index is 0.0832. The van der Waals surface area contributed by atoms with Crippen LogP contribution in [-0.2, 0) is 14.3 Å². The summed E-state index contributed by atoms with van der Waals surface area (Å²) in [6, 6.07) is 0.787. The third kappa shape index (κ3) is 6.73. The molecule has 0 radical (unpaired) electrons. The van der Waals surface area contributed by atoms with Crippen LogP contribution in [0, 0.1) is 17.8 Å². The summed E-state index contributed by atoms with van der Waals surface area (Å²) in [5, 5.41) is 14.3. The predicted molar refractivity (Wildman–Crippen MR) is 135 cm³/mol. The van der Waals surface area contributed by atoms with Crippen LogP contribution in [0.5, 0.6) is 0 Å². The average Bonchev–Trinajstić information content (AvgIpc) is 3.29. The average molecular weight is 498 g/mol. The molecule has 2 heterocycles. The monoisotopic (exact) mass is 497 g/mol. The lowest BCUT2D eigenvalue weighted by Gasteiger charge is -2.45. The van der Waals surface area contributed by atoms with Crippen molar-refractivity contribution in [3.63, 3.8) is 0 Å². The number of halogens is 1. The largest absolute Gasteiger partial charge is 0.380 e. The molecule has 1 amide bonds. The smallest absolute Gasteiger partial charge is 0.223 e. The molecule has 2 aliphatic carbocycles. The Morgan fingerprint density at radius 3 is 2.74 bits per heavy atom. The molecule has 8 nitrogen and oxygen atoms in total. The Hall–Kier alpha value is -0.840. The van der Waals surface area contributed by atoms with Gasteiger partial charge >= 0.3 is 0 Å². The van der Waals surface area contributed by atoms with Crippen molar-refractivity contribution >= 4 is 5.91 Å². The Bertz CT molecular complexity index is 673. The molecule has 9 unspecified atom stereocenters. The maximum absolute atomic E-state index is 14.6. The number of fused-ring (bicyclic) bond motifs is 1. The molecular weight excluding hydrogens is 449 g/mol. The summed E-state index contributed by atoms with van der Waals surface area (Å²) in [6.45, 7) is 9.07. The Morgan fingerprint density at radius 1 is 1.14 bits per heavy atom. The van der Waals surface area contributed by atoms with Crippen molar-refractivity contribution in [3.05, 3.63) is 0 Å². The highest BCUT2D eigenvalue weighted by molar-refractivity contribution is 5.79. The molecule has 0 spiro atoms. The van der Waals surface area contributed by atoms with E-state index in [9.17, 15) is 9.18 Å². The SMILES string of the molecule is CCCOCCNC(=O)C1CCC(NC2NCCN3C(C4CCC(OC)C(F)C4)CNC23)CC1C. The third-order valence-corrected chi connectivity index (χ3v) is 8.79. The lowest BCUT2D eigenvalue weighted by Crippen LogP contribution is -2.67. The lowest BCUT2D eigenvalue weighted by atomic mass is 9.77. The van der Waals surface area contributed by atoms with E-state index >= 15 is 0 Å². The van der Waals surface area contributed by atoms with Gasteiger partial charge in [0.25, 0.3) is 0 Å². The highest BCUT2D eigenvalue weighted by Gasteiger charge is 2.46. The van der Waals surface area contributed by atoms with Gasteiger partial charge in [0.05, 0.1) is 25.0 Å². The first-order valence-electron chi connectivity index (χ1n) is 14.0. The van der Waals surface area contributed by atoms with Crippen LogP contribution in [0.15, 0.2) is 0 Å². The zero-order valence-electron chi connectivity index (χ0n) is 21.9. The summed E-state index contributed by atoms with van der Waals surface area (Å²) >= 11 is 0. The van der Waals surface area contributed by atoms with Crippen molar-refractivity contribution in [2.24, 2.45) is 17.8 Å². The summed E-state index contributed by atoms with van der Waals surface area (Å²) < 4.78 is 25.4. The van der Waals surface area contributed by atoms with Crippen LogP contribution in [0.2, 0.25) is 0 Å². The minimum Gasteiger partial charge on any atom is -0.380 e. The molecule has 4 N–H and O–H groups in total. The Morgan fingerprint density at radius 2 is 2.00 bits per heavy atom. The molecule has 4 fully saturated rings. The van der Waals surface area contributed by atoms with Crippen LogP contribution in [0.4, 0.5) is 4.39 Å². The summed E-state index contributed by atoms with van der Waals surface area (Å²) in [7, 11) is 1.63. The number of carbonyl (C=O) groups excluding carboxylic acids is 1. The van der Waals surface area contributed by atoms with Gasteiger partial charge in [-0.2, -0.15) is 0 Å². The van der Waals surface area contributed by atoms with Gasteiger partial charge in [0.15, 0.2) is 0 Å². The quantitative estimate of drug-likeness (QED) is 0.341. The summed E-state index contributed by atoms with van der Waals surface area (Å²) in [4.78, 5) is 15.3. The van der Waals surface area contributed by atoms with Gasteiger partial charge in [-0.05, 0) is 56.8 Å². The molecule has 2 saturated carbocycles. The molecule has 2 aliphatic heterocycles. The van der Waals surface area contributed by atoms with Crippen molar-refractivity contribution in [1.82, 2.24) is 26.2 Å². The van der Waals surface area contributed by atoms with E-state index < -0.39 is 6.17 Å². The van der Waals surface area contributed by atoms with E-state index in [0.29, 0.717) is 43.5 Å². The Labute approximate surface area is 210 Å². The van der Waals surface area contributed by atoms with Crippen LogP contribution in [-0.4, -0.2) is 94.0 Å². The van der Waals surface area contributed by atoms with Crippen LogP contribution >= 0.6 is 0 Å². The van der Waals surface area contributed by atoms with Crippen molar-refractivity contribution in [2.75, 3.05) is 46.5 Å². The van der Waals surface area contributed by atoms with Gasteiger partial charge in [0.1, 0.15) is 6.17 Å². The van der Waals surface area contributed by atoms with Gasteiger partial charge in [0.2, 0.25) is 5.91 Å². The van der Waals surface area contributed by atoms with E-state index in [0.717, 1.165) is 64.8 Å². The number of alkyl halides is 1. The van der Waals surface area contributed by atoms with E-state index in [2.05, 4.69) is 40.0 Å². The highest BCUT2D eigenvalue weighted by atomic mass is 19.1. The van der Waals surface area contributed by atoms with Crippen LogP contribution in [0.1, 0.15) is 58.8 Å². The second kappa shape index (κ2) is 13.1. The summed E-state index contributed by atoms with van der Waals surface area (Å²) in [5.74, 6) is 0.987. The normalized spacial score (nSPS) is 40.4. The second-order valence-corrected chi connectivity index (χ2v) is 11.1. The zero-order chi connectivity index (χ0) is 24.8. The predicted octanol–water partition coefficient (Wildman–Crippen LogP) is 1.61. The van der Waals surface area contributed by atoms with Gasteiger partial charge in [-0.15, -0.1) is 0 Å². The van der Waals surface area contributed by atoms with E-state index in [1.54, 1.807) is 7.11 Å². The van der Waals surface area contributed by atoms with Gasteiger partial charge in [-0.1, -0.05) is 13.8 Å². The number of rotatable bonds is 10. The number of hydrogen-bond donors (Lipinski definition) is 4. The summed E-state index contributed by atoms with van der Waals surface area (Å²) in [5.41, 5.74) is 0. The molecule has 9 heteroatoms. The molecule has 2 saturated heterocycles. The number of methoxy groups -OCH3 is 1. The molecule has 35 heavy (non-hydrogen) atoms. The first-order valence-corrected chi connectivity index (χ1v) is 14.0. The molecule has 9 atom stereocenters. The lowest BCUT2D eigenvalue weighted by molar-refractivity contribution is -0.128. The van der Waals surface area contributed by atoms with Crippen molar-refractivity contribution in [1.29, 1.82) is 0 Å². The Kier molecular flexibility index (Phi) is 10.2. The number of nitrogens with zero attached hydrogens (tertiary/aromatic N) is 1. The van der Waals surface area contributed by atoms with Gasteiger partial charge in [-0.3, -0.25) is 25.6 Å². The number of nitrogens with one attached hydrogen (secondary N) is 4. The number of carbonyl (C=O) groups is 1. The summed E-state index contributed by atoms with van der Waals surface area (Å²) in [6.07, 6.45) is 5.69. The fraction of sp³-hybridized carbons (Fsp3) is 0.962. The van der Waals surface area contributed by atoms with E-state index in [4.69, 9.17) is 9.47 Å². The zero-order valence-corrected chi connectivity index (χ0v) is 21.9. The number of piperazine rings is 1. The molecular formula is C26H48FN5O3. The van der Waals surface area contributed by atoms with Gasteiger partial charge < -0.3 is 14.8 Å². The molecule has 4 rings (SSSR count). The molecule has 202 valence electrons. The molecule has 0 aromatic heterocycles. The van der Waals surface area contributed by atoms with E-state index in [-0.39, 0.29) is 30.3 Å². The van der Waals surface area contributed by atoms with Crippen molar-refractivity contribution in [2.45, 2.75) is 95.5 Å². The van der Waals surface area contributed by atoms with E-state index in [1.165, 1.54) is 0 Å². The number of amides is 1. The fourth-order valence-electron chi connectivity index (χ4n) is 6.89. The Balaban J connectivity index is 1.23. The van der Waals surface area contributed by atoms with Crippen molar-refractivity contribution in [3.8, 4) is 0 Å². The molecule has 0 aromatic carbocycles. The van der Waals surface area contributed by atoms with Crippen LogP contribution in [0.3, 0.4) is 0 Å². The van der Waals surface area contributed by atoms with Gasteiger partial charge in [0, 0.05) is 57.9 Å². The molecule has 4 aliphatic rings. The van der Waals surface area contributed by atoms with E-state index in [1.807, 2.05) is 0 Å².